The van der Waals surface area contributed by atoms with Crippen LogP contribution in [0.15, 0.2) is 42.6 Å². The second kappa shape index (κ2) is 9.60. The highest BCUT2D eigenvalue weighted by Gasteiger charge is 2.15. The predicted octanol–water partition coefficient (Wildman–Crippen LogP) is 4.35. The number of hydrogen-bond donors (Lipinski definition) is 1. The summed E-state index contributed by atoms with van der Waals surface area (Å²) in [5.74, 6) is 0.538. The van der Waals surface area contributed by atoms with Crippen LogP contribution in [0.25, 0.3) is 0 Å². The van der Waals surface area contributed by atoms with E-state index in [-0.39, 0.29) is 11.7 Å². The Morgan fingerprint density at radius 2 is 1.79 bits per heavy atom. The van der Waals surface area contributed by atoms with E-state index in [9.17, 15) is 9.18 Å². The van der Waals surface area contributed by atoms with Gasteiger partial charge in [0, 0.05) is 32.3 Å². The van der Waals surface area contributed by atoms with Crippen LogP contribution in [0.4, 0.5) is 10.2 Å². The lowest BCUT2D eigenvalue weighted by Crippen LogP contribution is -2.24. The second-order valence-corrected chi connectivity index (χ2v) is 7.79. The Balaban J connectivity index is 1.60. The summed E-state index contributed by atoms with van der Waals surface area (Å²) < 4.78 is 13.0. The molecule has 2 heterocycles. The molecule has 1 N–H and O–H groups in total. The van der Waals surface area contributed by atoms with Gasteiger partial charge in [0.05, 0.1) is 10.7 Å². The zero-order valence-corrected chi connectivity index (χ0v) is 17.7. The van der Waals surface area contributed by atoms with Crippen molar-refractivity contribution in [3.8, 4) is 0 Å². The van der Waals surface area contributed by atoms with Crippen LogP contribution < -0.4 is 10.2 Å². The summed E-state index contributed by atoms with van der Waals surface area (Å²) >= 11 is 1.37. The number of pyridine rings is 1. The molecular formula is C22H25FN4OS. The molecule has 0 fully saturated rings. The van der Waals surface area contributed by atoms with Crippen LogP contribution in [-0.4, -0.2) is 29.0 Å². The smallest absolute Gasteiger partial charge is 0.263 e. The molecule has 2 aromatic heterocycles. The molecule has 7 heteroatoms. The van der Waals surface area contributed by atoms with E-state index >= 15 is 0 Å². The fourth-order valence-electron chi connectivity index (χ4n) is 3.03. The molecule has 0 unspecified atom stereocenters. The molecule has 0 radical (unpaired) electrons. The van der Waals surface area contributed by atoms with E-state index in [1.807, 2.05) is 19.1 Å². The number of aromatic nitrogens is 2. The topological polar surface area (TPSA) is 58.1 Å². The maximum atomic E-state index is 13.0. The first-order chi connectivity index (χ1) is 14.0. The number of hydrogen-bond acceptors (Lipinski definition) is 5. The number of carbonyl (C=O) groups excluding carboxylic acids is 1. The Bertz CT molecular complexity index is 950. The Hall–Kier alpha value is -2.80. The summed E-state index contributed by atoms with van der Waals surface area (Å²) in [6, 6.07) is 10.3. The van der Waals surface area contributed by atoms with Crippen LogP contribution in [-0.2, 0) is 13.0 Å². The number of rotatable bonds is 8. The number of aryl methyl sites for hydroxylation is 1. The summed E-state index contributed by atoms with van der Waals surface area (Å²) in [6.45, 7) is 8.26. The molecule has 0 aliphatic carbocycles. The van der Waals surface area contributed by atoms with Crippen molar-refractivity contribution < 1.29 is 9.18 Å². The summed E-state index contributed by atoms with van der Waals surface area (Å²) in [5, 5.41) is 3.78. The molecule has 29 heavy (non-hydrogen) atoms. The van der Waals surface area contributed by atoms with Gasteiger partial charge in [-0.2, -0.15) is 0 Å². The van der Waals surface area contributed by atoms with Crippen LogP contribution >= 0.6 is 11.3 Å². The lowest BCUT2D eigenvalue weighted by molar-refractivity contribution is 0.0954. The Kier molecular flexibility index (Phi) is 6.93. The van der Waals surface area contributed by atoms with E-state index in [0.29, 0.717) is 23.5 Å². The van der Waals surface area contributed by atoms with Gasteiger partial charge in [-0.1, -0.05) is 18.2 Å². The van der Waals surface area contributed by atoms with E-state index in [1.165, 1.54) is 23.5 Å². The van der Waals surface area contributed by atoms with Crippen molar-refractivity contribution in [3.05, 3.63) is 75.1 Å². The van der Waals surface area contributed by atoms with Gasteiger partial charge in [0.2, 0.25) is 0 Å². The molecule has 1 amide bonds. The average molecular weight is 413 g/mol. The number of amides is 1. The van der Waals surface area contributed by atoms with Gasteiger partial charge in [-0.3, -0.25) is 4.79 Å². The van der Waals surface area contributed by atoms with Crippen molar-refractivity contribution >= 4 is 23.1 Å². The lowest BCUT2D eigenvalue weighted by atomic mass is 10.1. The van der Waals surface area contributed by atoms with Gasteiger partial charge in [0.25, 0.3) is 5.91 Å². The third kappa shape index (κ3) is 5.38. The summed E-state index contributed by atoms with van der Waals surface area (Å²) in [5.41, 5.74) is 2.62. The molecule has 0 bridgehead atoms. The molecule has 0 saturated heterocycles. The zero-order valence-electron chi connectivity index (χ0n) is 16.9. The predicted molar refractivity (Wildman–Crippen MR) is 115 cm³/mol. The standard InChI is InChI=1S/C22H25FN4OS/c1-4-27(5-2)19-11-8-17(13-24-19)14-25-22(28)21-15(3)26-20(29-21)12-16-6-9-18(23)10-7-16/h6-11,13H,4-5,12,14H2,1-3H3,(H,25,28). The minimum atomic E-state index is -0.260. The number of nitrogens with zero attached hydrogens (tertiary/aromatic N) is 3. The van der Waals surface area contributed by atoms with Gasteiger partial charge in [-0.05, 0) is 50.1 Å². The van der Waals surface area contributed by atoms with Gasteiger partial charge in [-0.15, -0.1) is 11.3 Å². The van der Waals surface area contributed by atoms with E-state index in [1.54, 1.807) is 18.3 Å². The van der Waals surface area contributed by atoms with Crippen LogP contribution in [0.3, 0.4) is 0 Å². The van der Waals surface area contributed by atoms with Crippen LogP contribution in [0.5, 0.6) is 0 Å². The van der Waals surface area contributed by atoms with Crippen LogP contribution in [0.2, 0.25) is 0 Å². The van der Waals surface area contributed by atoms with E-state index in [0.717, 1.165) is 35.0 Å². The van der Waals surface area contributed by atoms with Crippen LogP contribution in [0.1, 0.15) is 45.3 Å². The third-order valence-electron chi connectivity index (χ3n) is 4.67. The quantitative estimate of drug-likeness (QED) is 0.598. The first-order valence-electron chi connectivity index (χ1n) is 9.69. The highest BCUT2D eigenvalue weighted by Crippen LogP contribution is 2.21. The van der Waals surface area contributed by atoms with Crippen molar-refractivity contribution in [2.24, 2.45) is 0 Å². The molecule has 0 aliphatic heterocycles. The van der Waals surface area contributed by atoms with Crippen molar-refractivity contribution in [3.63, 3.8) is 0 Å². The highest BCUT2D eigenvalue weighted by atomic mass is 32.1. The van der Waals surface area contributed by atoms with Crippen LogP contribution in [0, 0.1) is 12.7 Å². The number of halogens is 1. The molecule has 5 nitrogen and oxygen atoms in total. The summed E-state index contributed by atoms with van der Waals surface area (Å²) in [7, 11) is 0. The zero-order chi connectivity index (χ0) is 20.8. The molecule has 3 aromatic rings. The Morgan fingerprint density at radius 1 is 1.10 bits per heavy atom. The molecule has 3 rings (SSSR count). The Labute approximate surface area is 174 Å². The molecule has 0 spiro atoms. The molecule has 0 saturated carbocycles. The van der Waals surface area contributed by atoms with Gasteiger partial charge >= 0.3 is 0 Å². The number of anilines is 1. The maximum absolute atomic E-state index is 13.0. The van der Waals surface area contributed by atoms with Gasteiger partial charge < -0.3 is 10.2 Å². The number of nitrogens with one attached hydrogen (secondary N) is 1. The van der Waals surface area contributed by atoms with Crippen molar-refractivity contribution in [1.29, 1.82) is 0 Å². The molecular weight excluding hydrogens is 387 g/mol. The Morgan fingerprint density at radius 3 is 2.41 bits per heavy atom. The number of carbonyl (C=O) groups is 1. The summed E-state index contributed by atoms with van der Waals surface area (Å²) in [6.07, 6.45) is 2.38. The molecule has 0 aliphatic rings. The van der Waals surface area contributed by atoms with Gasteiger partial charge in [0.1, 0.15) is 16.5 Å². The van der Waals surface area contributed by atoms with Crippen molar-refractivity contribution in [1.82, 2.24) is 15.3 Å². The lowest BCUT2D eigenvalue weighted by Gasteiger charge is -2.19. The highest BCUT2D eigenvalue weighted by molar-refractivity contribution is 7.13. The first-order valence-corrected chi connectivity index (χ1v) is 10.5. The van der Waals surface area contributed by atoms with Gasteiger partial charge in [-0.25, -0.2) is 14.4 Å². The molecule has 152 valence electrons. The van der Waals surface area contributed by atoms with E-state index in [2.05, 4.69) is 34.0 Å². The normalized spacial score (nSPS) is 10.8. The van der Waals surface area contributed by atoms with Crippen molar-refractivity contribution in [2.45, 2.75) is 33.7 Å². The summed E-state index contributed by atoms with van der Waals surface area (Å²) in [4.78, 5) is 24.4. The van der Waals surface area contributed by atoms with Crippen molar-refractivity contribution in [2.75, 3.05) is 18.0 Å². The largest absolute Gasteiger partial charge is 0.357 e. The minimum Gasteiger partial charge on any atom is -0.357 e. The third-order valence-corrected chi connectivity index (χ3v) is 5.82. The van der Waals surface area contributed by atoms with Gasteiger partial charge in [0.15, 0.2) is 0 Å². The monoisotopic (exact) mass is 412 g/mol. The first kappa shape index (κ1) is 20.9. The molecule has 1 aromatic carbocycles. The fraction of sp³-hybridized carbons (Fsp3) is 0.318. The second-order valence-electron chi connectivity index (χ2n) is 6.70. The van der Waals surface area contributed by atoms with E-state index < -0.39 is 0 Å². The minimum absolute atomic E-state index is 0.141. The average Bonchev–Trinajstić information content (AvgIpc) is 3.10. The molecule has 0 atom stereocenters. The van der Waals surface area contributed by atoms with E-state index in [4.69, 9.17) is 0 Å². The maximum Gasteiger partial charge on any atom is 0.263 e. The number of thiazole rings is 1. The fourth-order valence-corrected chi connectivity index (χ4v) is 4.05. The number of benzene rings is 1. The SMILES string of the molecule is CCN(CC)c1ccc(CNC(=O)c2sc(Cc3ccc(F)cc3)nc2C)cn1.